The molecule has 0 unspecified atom stereocenters. The third-order valence-electron chi connectivity index (χ3n) is 4.06. The normalized spacial score (nSPS) is 12.8. The third kappa shape index (κ3) is 9.00. The van der Waals surface area contributed by atoms with Gasteiger partial charge in [0.05, 0.1) is 24.3 Å². The number of ether oxygens (including phenoxy) is 1. The molecule has 2 aromatic rings. The van der Waals surface area contributed by atoms with Crippen molar-refractivity contribution in [3.63, 3.8) is 0 Å². The summed E-state index contributed by atoms with van der Waals surface area (Å²) in [4.78, 5) is 0.0142. The fourth-order valence-electron chi connectivity index (χ4n) is 2.57. The lowest BCUT2D eigenvalue weighted by molar-refractivity contribution is 0.0289. The van der Waals surface area contributed by atoms with Gasteiger partial charge in [-0.1, -0.05) is 53.5 Å². The first-order valence-corrected chi connectivity index (χ1v) is 11.6. The lowest BCUT2D eigenvalue weighted by atomic mass is 10.2. The minimum Gasteiger partial charge on any atom is -0.389 e. The van der Waals surface area contributed by atoms with Crippen molar-refractivity contribution in [3.8, 4) is 0 Å². The Bertz CT molecular complexity index is 851. The number of hydrogen-bond acceptors (Lipinski definition) is 5. The van der Waals surface area contributed by atoms with E-state index in [9.17, 15) is 13.5 Å². The molecular weight excluding hydrogens is 435 g/mol. The Balaban J connectivity index is 1.54. The monoisotopic (exact) mass is 460 g/mol. The maximum atomic E-state index is 12.2. The van der Waals surface area contributed by atoms with E-state index in [-0.39, 0.29) is 16.5 Å². The van der Waals surface area contributed by atoms with Gasteiger partial charge in [0.2, 0.25) is 10.0 Å². The van der Waals surface area contributed by atoms with Gasteiger partial charge in [0, 0.05) is 18.1 Å². The number of aliphatic hydroxyl groups excluding tert-OH is 1. The molecule has 0 aliphatic carbocycles. The van der Waals surface area contributed by atoms with Gasteiger partial charge in [0.25, 0.3) is 0 Å². The van der Waals surface area contributed by atoms with Crippen molar-refractivity contribution in [1.29, 1.82) is 0 Å². The zero-order valence-corrected chi connectivity index (χ0v) is 18.3. The Kier molecular flexibility index (Phi) is 10.4. The summed E-state index contributed by atoms with van der Waals surface area (Å²) < 4.78 is 32.5. The van der Waals surface area contributed by atoms with Gasteiger partial charge in [-0.3, -0.25) is 0 Å². The molecule has 3 N–H and O–H groups in total. The second kappa shape index (κ2) is 12.5. The van der Waals surface area contributed by atoms with Gasteiger partial charge in [-0.05, 0) is 43.1 Å². The number of unbranched alkanes of at least 4 members (excludes halogenated alkanes) is 1. The molecule has 1 atom stereocenters. The van der Waals surface area contributed by atoms with Crippen molar-refractivity contribution in [2.75, 3.05) is 26.2 Å². The highest BCUT2D eigenvalue weighted by atomic mass is 35.5. The predicted molar refractivity (Wildman–Crippen MR) is 116 cm³/mol. The lowest BCUT2D eigenvalue weighted by Crippen LogP contribution is -2.31. The van der Waals surface area contributed by atoms with Gasteiger partial charge in [-0.25, -0.2) is 13.1 Å². The van der Waals surface area contributed by atoms with Crippen LogP contribution in [0.3, 0.4) is 0 Å². The molecule has 0 aliphatic heterocycles. The number of rotatable bonds is 13. The summed E-state index contributed by atoms with van der Waals surface area (Å²) in [5.41, 5.74) is 1.06. The Morgan fingerprint density at radius 1 is 1.03 bits per heavy atom. The van der Waals surface area contributed by atoms with E-state index in [2.05, 4.69) is 10.0 Å². The van der Waals surface area contributed by atoms with E-state index in [0.29, 0.717) is 37.7 Å². The Hall–Kier alpha value is -1.19. The summed E-state index contributed by atoms with van der Waals surface area (Å²) in [6.45, 7) is 2.10. The molecule has 0 fully saturated rings. The Labute approximate surface area is 182 Å². The van der Waals surface area contributed by atoms with Crippen LogP contribution >= 0.6 is 23.2 Å². The van der Waals surface area contributed by atoms with E-state index >= 15 is 0 Å². The van der Waals surface area contributed by atoms with E-state index in [0.717, 1.165) is 12.0 Å². The number of nitrogens with one attached hydrogen (secondary N) is 2. The largest absolute Gasteiger partial charge is 0.389 e. The first-order valence-electron chi connectivity index (χ1n) is 9.33. The van der Waals surface area contributed by atoms with Crippen LogP contribution in [-0.4, -0.2) is 45.9 Å². The van der Waals surface area contributed by atoms with Crippen LogP contribution in [0.25, 0.3) is 0 Å². The minimum atomic E-state index is -3.66. The van der Waals surface area contributed by atoms with E-state index in [1.807, 2.05) is 30.3 Å². The molecule has 6 nitrogen and oxygen atoms in total. The molecule has 9 heteroatoms. The maximum Gasteiger partial charge on any atom is 0.242 e. The van der Waals surface area contributed by atoms with Crippen molar-refractivity contribution in [3.05, 3.63) is 64.1 Å². The minimum absolute atomic E-state index is 0.0142. The molecule has 0 radical (unpaired) electrons. The average Bonchev–Trinajstić information content (AvgIpc) is 2.67. The summed E-state index contributed by atoms with van der Waals surface area (Å²) in [5, 5.41) is 13.5. The summed E-state index contributed by atoms with van der Waals surface area (Å²) >= 11 is 11.7. The van der Waals surface area contributed by atoms with Crippen LogP contribution < -0.4 is 10.0 Å². The van der Waals surface area contributed by atoms with E-state index in [1.54, 1.807) is 0 Å². The summed E-state index contributed by atoms with van der Waals surface area (Å²) in [7, 11) is -3.66. The lowest BCUT2D eigenvalue weighted by Gasteiger charge is -2.13. The van der Waals surface area contributed by atoms with Crippen molar-refractivity contribution in [2.45, 2.75) is 30.4 Å². The fourth-order valence-corrected chi connectivity index (χ4v) is 4.41. The number of benzene rings is 2. The van der Waals surface area contributed by atoms with Gasteiger partial charge < -0.3 is 15.2 Å². The molecule has 0 aromatic heterocycles. The molecule has 0 aliphatic rings. The van der Waals surface area contributed by atoms with Crippen molar-refractivity contribution >= 4 is 33.2 Å². The second-order valence-corrected chi connectivity index (χ2v) is 9.12. The number of halogens is 2. The maximum absolute atomic E-state index is 12.2. The van der Waals surface area contributed by atoms with Crippen molar-refractivity contribution < 1.29 is 18.3 Å². The fraction of sp³-hybridized carbons (Fsp3) is 0.400. The topological polar surface area (TPSA) is 87.7 Å². The second-order valence-electron chi connectivity index (χ2n) is 6.54. The number of aliphatic hydroxyl groups is 1. The molecule has 0 spiro atoms. The zero-order chi connectivity index (χ0) is 21.1. The Morgan fingerprint density at radius 2 is 1.76 bits per heavy atom. The third-order valence-corrected chi connectivity index (χ3v) is 6.24. The van der Waals surface area contributed by atoms with Crippen LogP contribution in [0.5, 0.6) is 0 Å². The van der Waals surface area contributed by atoms with Gasteiger partial charge in [-0.15, -0.1) is 0 Å². The molecular formula is C20H26Cl2N2O4S. The van der Waals surface area contributed by atoms with Crippen molar-refractivity contribution in [2.24, 2.45) is 0 Å². The van der Waals surface area contributed by atoms with Crippen LogP contribution in [0.2, 0.25) is 10.0 Å². The zero-order valence-electron chi connectivity index (χ0n) is 16.0. The van der Waals surface area contributed by atoms with Crippen LogP contribution in [0, 0.1) is 0 Å². The molecule has 160 valence electrons. The Morgan fingerprint density at radius 3 is 2.48 bits per heavy atom. The highest BCUT2D eigenvalue weighted by molar-refractivity contribution is 7.89. The van der Waals surface area contributed by atoms with Crippen LogP contribution in [0.1, 0.15) is 18.4 Å². The van der Waals surface area contributed by atoms with Crippen LogP contribution in [-0.2, 0) is 21.4 Å². The first kappa shape index (κ1) is 24.1. The van der Waals surface area contributed by atoms with Gasteiger partial charge in [-0.2, -0.15) is 0 Å². The standard InChI is InChI=1S/C20H26Cl2N2O4S/c21-17-8-9-20(19(22)12-17)29(26,27)24-11-5-4-10-23-13-18(25)15-28-14-16-6-2-1-3-7-16/h1-3,6-9,12,18,23-25H,4-5,10-11,13-15H2/t18-/m1/s1. The van der Waals surface area contributed by atoms with E-state index in [1.165, 1.54) is 18.2 Å². The molecule has 0 bridgehead atoms. The molecule has 29 heavy (non-hydrogen) atoms. The van der Waals surface area contributed by atoms with Crippen LogP contribution in [0.15, 0.2) is 53.4 Å². The molecule has 0 amide bonds. The van der Waals surface area contributed by atoms with Crippen LogP contribution in [0.4, 0.5) is 0 Å². The van der Waals surface area contributed by atoms with Gasteiger partial charge >= 0.3 is 0 Å². The average molecular weight is 461 g/mol. The molecule has 2 aromatic carbocycles. The summed E-state index contributed by atoms with van der Waals surface area (Å²) in [6.07, 6.45) is 0.816. The first-order chi connectivity index (χ1) is 13.9. The summed E-state index contributed by atoms with van der Waals surface area (Å²) in [6, 6.07) is 14.0. The molecule has 2 rings (SSSR count). The summed E-state index contributed by atoms with van der Waals surface area (Å²) in [5.74, 6) is 0. The molecule has 0 saturated carbocycles. The van der Waals surface area contributed by atoms with Crippen molar-refractivity contribution in [1.82, 2.24) is 10.0 Å². The quantitative estimate of drug-likeness (QED) is 0.399. The number of hydrogen-bond donors (Lipinski definition) is 3. The number of sulfonamides is 1. The highest BCUT2D eigenvalue weighted by Crippen LogP contribution is 2.24. The van der Waals surface area contributed by atoms with E-state index in [4.69, 9.17) is 27.9 Å². The van der Waals surface area contributed by atoms with Gasteiger partial charge in [0.15, 0.2) is 0 Å². The predicted octanol–water partition coefficient (Wildman–Crippen LogP) is 3.22. The molecule has 0 heterocycles. The van der Waals surface area contributed by atoms with Gasteiger partial charge in [0.1, 0.15) is 4.90 Å². The smallest absolute Gasteiger partial charge is 0.242 e. The SMILES string of the molecule is O=S(=O)(NCCCCNC[C@@H](O)COCc1ccccc1)c1ccc(Cl)cc1Cl. The molecule has 0 saturated heterocycles. The highest BCUT2D eigenvalue weighted by Gasteiger charge is 2.17. The van der Waals surface area contributed by atoms with E-state index < -0.39 is 16.1 Å².